The van der Waals surface area contributed by atoms with Crippen molar-refractivity contribution in [2.75, 3.05) is 6.54 Å². The quantitative estimate of drug-likeness (QED) is 0.929. The third kappa shape index (κ3) is 2.94. The molecule has 23 heavy (non-hydrogen) atoms. The second-order valence-corrected chi connectivity index (χ2v) is 5.71. The summed E-state index contributed by atoms with van der Waals surface area (Å²) < 4.78 is 1.54. The molecular weight excluding hydrogens is 296 g/mol. The molecule has 3 rings (SSSR count). The Kier molecular flexibility index (Phi) is 4.10. The smallest absolute Gasteiger partial charge is 0.308 e. The Hall–Kier alpha value is -2.70. The molecule has 0 spiro atoms. The van der Waals surface area contributed by atoms with Crippen LogP contribution in [-0.4, -0.2) is 49.5 Å². The molecule has 120 valence electrons. The van der Waals surface area contributed by atoms with Gasteiger partial charge in [-0.2, -0.15) is 0 Å². The van der Waals surface area contributed by atoms with Crippen molar-refractivity contribution in [1.29, 1.82) is 0 Å². The lowest BCUT2D eigenvalue weighted by molar-refractivity contribution is -0.144. The summed E-state index contributed by atoms with van der Waals surface area (Å²) in [4.78, 5) is 25.5. The van der Waals surface area contributed by atoms with Gasteiger partial charge in [0.1, 0.15) is 0 Å². The van der Waals surface area contributed by atoms with Gasteiger partial charge in [-0.1, -0.05) is 23.4 Å². The minimum Gasteiger partial charge on any atom is -0.481 e. The Morgan fingerprint density at radius 1 is 1.26 bits per heavy atom. The van der Waals surface area contributed by atoms with Crippen LogP contribution in [0.1, 0.15) is 30.3 Å². The van der Waals surface area contributed by atoms with E-state index in [0.29, 0.717) is 19.4 Å². The lowest BCUT2D eigenvalue weighted by Crippen LogP contribution is -2.49. The standard InChI is InChI=1S/C16H18N4O3/c1-11-13(16(22)23)8-5-9-19(11)15(21)14-10-20(18-17-14)12-6-3-2-4-7-12/h2-4,6-7,10-11,13H,5,8-9H2,1H3,(H,22,23)/t11-,13-/m1/s1. The van der Waals surface area contributed by atoms with Gasteiger partial charge >= 0.3 is 5.97 Å². The number of amides is 1. The predicted molar refractivity (Wildman–Crippen MR) is 82.2 cm³/mol. The lowest BCUT2D eigenvalue weighted by atomic mass is 9.90. The van der Waals surface area contributed by atoms with Gasteiger partial charge in [-0.05, 0) is 31.9 Å². The molecule has 2 atom stereocenters. The number of carbonyl (C=O) groups excluding carboxylic acids is 1. The summed E-state index contributed by atoms with van der Waals surface area (Å²) in [5.74, 6) is -1.66. The zero-order valence-corrected chi connectivity index (χ0v) is 12.8. The third-order valence-electron chi connectivity index (χ3n) is 4.30. The van der Waals surface area contributed by atoms with Gasteiger partial charge in [-0.3, -0.25) is 9.59 Å². The van der Waals surface area contributed by atoms with E-state index >= 15 is 0 Å². The van der Waals surface area contributed by atoms with Crippen molar-refractivity contribution in [2.45, 2.75) is 25.8 Å². The summed E-state index contributed by atoms with van der Waals surface area (Å²) in [5, 5.41) is 17.2. The second kappa shape index (κ2) is 6.20. The summed E-state index contributed by atoms with van der Waals surface area (Å²) >= 11 is 0. The molecule has 0 saturated carbocycles. The first-order chi connectivity index (χ1) is 11.1. The molecular formula is C16H18N4O3. The van der Waals surface area contributed by atoms with E-state index in [2.05, 4.69) is 10.3 Å². The number of hydrogen-bond donors (Lipinski definition) is 1. The molecule has 1 N–H and O–H groups in total. The van der Waals surface area contributed by atoms with Crippen LogP contribution in [0.15, 0.2) is 36.5 Å². The molecule has 7 nitrogen and oxygen atoms in total. The third-order valence-corrected chi connectivity index (χ3v) is 4.30. The minimum absolute atomic E-state index is 0.228. The molecule has 1 aliphatic rings. The normalized spacial score (nSPS) is 21.2. The van der Waals surface area contributed by atoms with E-state index in [1.165, 1.54) is 4.68 Å². The van der Waals surface area contributed by atoms with Crippen LogP contribution in [0.2, 0.25) is 0 Å². The summed E-state index contributed by atoms with van der Waals surface area (Å²) in [6.45, 7) is 2.32. The molecule has 0 bridgehead atoms. The van der Waals surface area contributed by atoms with E-state index in [1.54, 1.807) is 18.0 Å². The maximum absolute atomic E-state index is 12.6. The van der Waals surface area contributed by atoms with Crippen LogP contribution in [0.25, 0.3) is 5.69 Å². The molecule has 1 fully saturated rings. The van der Waals surface area contributed by atoms with Gasteiger partial charge in [-0.15, -0.1) is 5.10 Å². The molecule has 0 aliphatic carbocycles. The van der Waals surface area contributed by atoms with Crippen LogP contribution in [0.5, 0.6) is 0 Å². The monoisotopic (exact) mass is 314 g/mol. The van der Waals surface area contributed by atoms with Gasteiger partial charge in [0.25, 0.3) is 5.91 Å². The number of nitrogens with zero attached hydrogens (tertiary/aromatic N) is 4. The largest absolute Gasteiger partial charge is 0.481 e. The zero-order chi connectivity index (χ0) is 16.4. The molecule has 1 amide bonds. The van der Waals surface area contributed by atoms with Crippen molar-refractivity contribution in [2.24, 2.45) is 5.92 Å². The van der Waals surface area contributed by atoms with Crippen molar-refractivity contribution < 1.29 is 14.7 Å². The number of carbonyl (C=O) groups is 2. The maximum atomic E-state index is 12.6. The average Bonchev–Trinajstić information content (AvgIpc) is 3.05. The van der Waals surface area contributed by atoms with Gasteiger partial charge in [0.05, 0.1) is 17.8 Å². The fourth-order valence-corrected chi connectivity index (χ4v) is 2.98. The number of aliphatic carboxylic acids is 1. The van der Waals surface area contributed by atoms with Crippen molar-refractivity contribution in [3.63, 3.8) is 0 Å². The van der Waals surface area contributed by atoms with Crippen LogP contribution in [0.4, 0.5) is 0 Å². The Bertz CT molecular complexity index is 713. The van der Waals surface area contributed by atoms with E-state index in [1.807, 2.05) is 30.3 Å². The van der Waals surface area contributed by atoms with Gasteiger partial charge in [0.2, 0.25) is 0 Å². The molecule has 1 saturated heterocycles. The molecule has 1 aromatic carbocycles. The molecule has 7 heteroatoms. The van der Waals surface area contributed by atoms with Crippen LogP contribution in [-0.2, 0) is 4.79 Å². The first kappa shape index (κ1) is 15.2. The fraction of sp³-hybridized carbons (Fsp3) is 0.375. The summed E-state index contributed by atoms with van der Waals surface area (Å²) in [5.41, 5.74) is 1.04. The first-order valence-corrected chi connectivity index (χ1v) is 7.59. The van der Waals surface area contributed by atoms with Crippen LogP contribution < -0.4 is 0 Å². The van der Waals surface area contributed by atoms with E-state index in [9.17, 15) is 14.7 Å². The first-order valence-electron chi connectivity index (χ1n) is 7.59. The van der Waals surface area contributed by atoms with E-state index in [4.69, 9.17) is 0 Å². The highest BCUT2D eigenvalue weighted by Gasteiger charge is 2.36. The number of hydrogen-bond acceptors (Lipinski definition) is 4. The average molecular weight is 314 g/mol. The summed E-state index contributed by atoms with van der Waals surface area (Å²) in [6.07, 6.45) is 2.85. The Morgan fingerprint density at radius 3 is 2.70 bits per heavy atom. The molecule has 0 radical (unpaired) electrons. The lowest BCUT2D eigenvalue weighted by Gasteiger charge is -2.36. The van der Waals surface area contributed by atoms with Gasteiger partial charge in [0.15, 0.2) is 5.69 Å². The van der Waals surface area contributed by atoms with Crippen molar-refractivity contribution >= 4 is 11.9 Å². The SMILES string of the molecule is C[C@@H]1[C@H](C(=O)O)CCCN1C(=O)c1cn(-c2ccccc2)nn1. The fourth-order valence-electron chi connectivity index (χ4n) is 2.98. The van der Waals surface area contributed by atoms with Crippen LogP contribution in [0, 0.1) is 5.92 Å². The maximum Gasteiger partial charge on any atom is 0.308 e. The van der Waals surface area contributed by atoms with Crippen LogP contribution in [0.3, 0.4) is 0 Å². The zero-order valence-electron chi connectivity index (χ0n) is 12.8. The van der Waals surface area contributed by atoms with Crippen molar-refractivity contribution in [1.82, 2.24) is 19.9 Å². The number of piperidine rings is 1. The Balaban J connectivity index is 1.81. The summed E-state index contributed by atoms with van der Waals surface area (Å²) in [6, 6.07) is 9.04. The number of rotatable bonds is 3. The molecule has 1 aliphatic heterocycles. The highest BCUT2D eigenvalue weighted by atomic mass is 16.4. The Morgan fingerprint density at radius 2 is 2.00 bits per heavy atom. The Labute approximate surface area is 133 Å². The summed E-state index contributed by atoms with van der Waals surface area (Å²) in [7, 11) is 0. The number of carboxylic acid groups (broad SMARTS) is 1. The molecule has 0 unspecified atom stereocenters. The van der Waals surface area contributed by atoms with Gasteiger partial charge in [0, 0.05) is 12.6 Å². The minimum atomic E-state index is -0.858. The van der Waals surface area contributed by atoms with Crippen molar-refractivity contribution in [3.8, 4) is 5.69 Å². The number of likely N-dealkylation sites (tertiary alicyclic amines) is 1. The number of aromatic nitrogens is 3. The number of para-hydroxylation sites is 1. The highest BCUT2D eigenvalue weighted by Crippen LogP contribution is 2.25. The van der Waals surface area contributed by atoms with Gasteiger partial charge in [-0.25, -0.2) is 4.68 Å². The molecule has 2 heterocycles. The van der Waals surface area contributed by atoms with Crippen LogP contribution >= 0.6 is 0 Å². The topological polar surface area (TPSA) is 88.3 Å². The number of carboxylic acids is 1. The van der Waals surface area contributed by atoms with Gasteiger partial charge < -0.3 is 10.0 Å². The molecule has 2 aromatic rings. The van der Waals surface area contributed by atoms with E-state index in [0.717, 1.165) is 5.69 Å². The number of benzene rings is 1. The second-order valence-electron chi connectivity index (χ2n) is 5.71. The van der Waals surface area contributed by atoms with E-state index in [-0.39, 0.29) is 17.6 Å². The van der Waals surface area contributed by atoms with Crippen molar-refractivity contribution in [3.05, 3.63) is 42.2 Å². The highest BCUT2D eigenvalue weighted by molar-refractivity contribution is 5.92. The van der Waals surface area contributed by atoms with E-state index < -0.39 is 11.9 Å². The predicted octanol–water partition coefficient (Wildman–Crippen LogP) is 1.59. The molecule has 1 aromatic heterocycles.